The predicted molar refractivity (Wildman–Crippen MR) is 79.1 cm³/mol. The van der Waals surface area contributed by atoms with E-state index in [1.165, 1.54) is 0 Å². The van der Waals surface area contributed by atoms with Gasteiger partial charge in [-0.15, -0.1) is 0 Å². The lowest BCUT2D eigenvalue weighted by molar-refractivity contribution is -0.0586. The Morgan fingerprint density at radius 2 is 2.05 bits per heavy atom. The van der Waals surface area contributed by atoms with Crippen LogP contribution in [-0.2, 0) is 4.74 Å². The molecule has 1 aliphatic heterocycles. The number of nitrogens with zero attached hydrogens (tertiary/aromatic N) is 2. The van der Waals surface area contributed by atoms with Crippen molar-refractivity contribution in [1.29, 1.82) is 0 Å². The van der Waals surface area contributed by atoms with E-state index in [2.05, 4.69) is 10.3 Å². The minimum Gasteiger partial charge on any atom is -0.372 e. The SMILES string of the molecule is CCNc1cc(C(=O)N2C[C@@H](C)O[C@@H](C)C2)cc(C)n1. The number of carbonyl (C=O) groups excluding carboxylic acids is 1. The van der Waals surface area contributed by atoms with Gasteiger partial charge in [0.2, 0.25) is 0 Å². The Morgan fingerprint density at radius 3 is 2.65 bits per heavy atom. The van der Waals surface area contributed by atoms with Crippen LogP contribution in [0.5, 0.6) is 0 Å². The van der Waals surface area contributed by atoms with Crippen molar-refractivity contribution in [2.24, 2.45) is 0 Å². The fourth-order valence-electron chi connectivity index (χ4n) is 2.59. The minimum absolute atomic E-state index is 0.0525. The van der Waals surface area contributed by atoms with Gasteiger partial charge < -0.3 is 15.0 Å². The van der Waals surface area contributed by atoms with Gasteiger partial charge in [0.15, 0.2) is 0 Å². The second-order valence-corrected chi connectivity index (χ2v) is 5.38. The van der Waals surface area contributed by atoms with E-state index in [0.717, 1.165) is 18.1 Å². The standard InChI is InChI=1S/C15H23N3O2/c1-5-16-14-7-13(6-10(2)17-14)15(19)18-8-11(3)20-12(4)9-18/h6-7,11-12H,5,8-9H2,1-4H3,(H,16,17)/t11-,12+. The highest BCUT2D eigenvalue weighted by molar-refractivity contribution is 5.95. The van der Waals surface area contributed by atoms with Crippen LogP contribution in [0.1, 0.15) is 36.8 Å². The van der Waals surface area contributed by atoms with Gasteiger partial charge in [-0.1, -0.05) is 0 Å². The van der Waals surface area contributed by atoms with Gasteiger partial charge in [-0.3, -0.25) is 4.79 Å². The number of hydrogen-bond acceptors (Lipinski definition) is 4. The molecule has 0 aromatic carbocycles. The van der Waals surface area contributed by atoms with E-state index in [-0.39, 0.29) is 18.1 Å². The maximum Gasteiger partial charge on any atom is 0.254 e. The largest absolute Gasteiger partial charge is 0.372 e. The van der Waals surface area contributed by atoms with Crippen molar-refractivity contribution in [3.05, 3.63) is 23.4 Å². The van der Waals surface area contributed by atoms with E-state index in [0.29, 0.717) is 18.7 Å². The molecule has 0 spiro atoms. The van der Waals surface area contributed by atoms with E-state index < -0.39 is 0 Å². The van der Waals surface area contributed by atoms with Gasteiger partial charge in [0.25, 0.3) is 5.91 Å². The highest BCUT2D eigenvalue weighted by Crippen LogP contribution is 2.17. The van der Waals surface area contributed by atoms with Gasteiger partial charge in [0.1, 0.15) is 5.82 Å². The molecule has 1 fully saturated rings. The number of aryl methyl sites for hydroxylation is 1. The molecule has 1 saturated heterocycles. The van der Waals surface area contributed by atoms with E-state index in [1.807, 2.05) is 44.7 Å². The molecule has 0 unspecified atom stereocenters. The molecule has 2 atom stereocenters. The summed E-state index contributed by atoms with van der Waals surface area (Å²) in [6.07, 6.45) is 0.165. The summed E-state index contributed by atoms with van der Waals surface area (Å²) in [7, 11) is 0. The molecule has 5 nitrogen and oxygen atoms in total. The fraction of sp³-hybridized carbons (Fsp3) is 0.600. The van der Waals surface area contributed by atoms with Gasteiger partial charge in [0.05, 0.1) is 12.2 Å². The Kier molecular flexibility index (Phi) is 4.60. The number of rotatable bonds is 3. The summed E-state index contributed by atoms with van der Waals surface area (Å²) in [5.74, 6) is 0.807. The number of carbonyl (C=O) groups is 1. The summed E-state index contributed by atoms with van der Waals surface area (Å²) in [5.41, 5.74) is 1.54. The zero-order valence-corrected chi connectivity index (χ0v) is 12.6. The van der Waals surface area contributed by atoms with Gasteiger partial charge >= 0.3 is 0 Å². The Morgan fingerprint density at radius 1 is 1.40 bits per heavy atom. The average Bonchev–Trinajstić information content (AvgIpc) is 2.36. The van der Waals surface area contributed by atoms with Crippen molar-refractivity contribution in [3.63, 3.8) is 0 Å². The van der Waals surface area contributed by atoms with Crippen molar-refractivity contribution in [3.8, 4) is 0 Å². The van der Waals surface area contributed by atoms with Crippen molar-refractivity contribution in [1.82, 2.24) is 9.88 Å². The summed E-state index contributed by atoms with van der Waals surface area (Å²) in [5, 5.41) is 3.16. The van der Waals surface area contributed by atoms with Crippen molar-refractivity contribution in [2.45, 2.75) is 39.9 Å². The monoisotopic (exact) mass is 277 g/mol. The topological polar surface area (TPSA) is 54.5 Å². The maximum atomic E-state index is 12.6. The molecule has 1 aromatic rings. The van der Waals surface area contributed by atoms with E-state index in [1.54, 1.807) is 0 Å². The summed E-state index contributed by atoms with van der Waals surface area (Å²) in [4.78, 5) is 18.9. The first-order chi connectivity index (χ1) is 9.49. The molecule has 1 aromatic heterocycles. The predicted octanol–water partition coefficient (Wildman–Crippen LogP) is 2.07. The Hall–Kier alpha value is -1.62. The Bertz CT molecular complexity index is 480. The summed E-state index contributed by atoms with van der Waals surface area (Å²) in [6, 6.07) is 3.66. The van der Waals surface area contributed by atoms with Crippen LogP contribution in [-0.4, -0.2) is 47.6 Å². The van der Waals surface area contributed by atoms with Crippen molar-refractivity contribution in [2.75, 3.05) is 25.0 Å². The average molecular weight is 277 g/mol. The smallest absolute Gasteiger partial charge is 0.254 e. The molecule has 1 aliphatic rings. The number of amides is 1. The number of pyridine rings is 1. The van der Waals surface area contributed by atoms with E-state index in [4.69, 9.17) is 4.74 Å². The van der Waals surface area contributed by atoms with E-state index in [9.17, 15) is 4.79 Å². The maximum absolute atomic E-state index is 12.6. The quantitative estimate of drug-likeness (QED) is 0.919. The highest BCUT2D eigenvalue weighted by atomic mass is 16.5. The van der Waals surface area contributed by atoms with Crippen LogP contribution in [0.2, 0.25) is 0 Å². The molecule has 20 heavy (non-hydrogen) atoms. The summed E-state index contributed by atoms with van der Waals surface area (Å²) >= 11 is 0. The van der Waals surface area contributed by atoms with Crippen LogP contribution < -0.4 is 5.32 Å². The first-order valence-electron chi connectivity index (χ1n) is 7.17. The molecule has 110 valence electrons. The first kappa shape index (κ1) is 14.8. The molecule has 0 saturated carbocycles. The molecule has 1 amide bonds. The van der Waals surface area contributed by atoms with Crippen LogP contribution in [0.3, 0.4) is 0 Å². The minimum atomic E-state index is 0.0525. The molecule has 2 rings (SSSR count). The Balaban J connectivity index is 2.19. The molecule has 2 heterocycles. The van der Waals surface area contributed by atoms with Gasteiger partial charge in [-0.2, -0.15) is 0 Å². The van der Waals surface area contributed by atoms with Crippen molar-refractivity contribution >= 4 is 11.7 Å². The summed E-state index contributed by atoms with van der Waals surface area (Å²) < 4.78 is 5.67. The van der Waals surface area contributed by atoms with E-state index >= 15 is 0 Å². The van der Waals surface area contributed by atoms with Crippen molar-refractivity contribution < 1.29 is 9.53 Å². The van der Waals surface area contributed by atoms with Crippen LogP contribution in [0.4, 0.5) is 5.82 Å². The number of aromatic nitrogens is 1. The Labute approximate surface area is 120 Å². The number of anilines is 1. The first-order valence-corrected chi connectivity index (χ1v) is 7.17. The van der Waals surface area contributed by atoms with Gasteiger partial charge in [-0.25, -0.2) is 4.98 Å². The second kappa shape index (κ2) is 6.22. The van der Waals surface area contributed by atoms with Crippen LogP contribution in [0, 0.1) is 6.92 Å². The second-order valence-electron chi connectivity index (χ2n) is 5.38. The fourth-order valence-corrected chi connectivity index (χ4v) is 2.59. The normalized spacial score (nSPS) is 22.7. The lowest BCUT2D eigenvalue weighted by atomic mass is 10.1. The van der Waals surface area contributed by atoms with Crippen LogP contribution in [0.25, 0.3) is 0 Å². The molecule has 5 heteroatoms. The van der Waals surface area contributed by atoms with Crippen LogP contribution >= 0.6 is 0 Å². The number of morpholine rings is 1. The van der Waals surface area contributed by atoms with Gasteiger partial charge in [-0.05, 0) is 39.8 Å². The molecular formula is C15H23N3O2. The highest BCUT2D eigenvalue weighted by Gasteiger charge is 2.26. The lowest BCUT2D eigenvalue weighted by Crippen LogP contribution is -2.48. The molecule has 0 radical (unpaired) electrons. The van der Waals surface area contributed by atoms with Crippen LogP contribution in [0.15, 0.2) is 12.1 Å². The molecule has 1 N–H and O–H groups in total. The third-order valence-corrected chi connectivity index (χ3v) is 3.27. The third-order valence-electron chi connectivity index (χ3n) is 3.27. The molecule has 0 aliphatic carbocycles. The zero-order chi connectivity index (χ0) is 14.7. The third kappa shape index (κ3) is 3.48. The number of nitrogens with one attached hydrogen (secondary N) is 1. The van der Waals surface area contributed by atoms with Gasteiger partial charge in [0, 0.05) is 30.9 Å². The lowest BCUT2D eigenvalue weighted by Gasteiger charge is -2.35. The molecule has 0 bridgehead atoms. The zero-order valence-electron chi connectivity index (χ0n) is 12.6. The number of ether oxygens (including phenoxy) is 1. The summed E-state index contributed by atoms with van der Waals surface area (Å²) in [6.45, 7) is 9.98. The number of hydrogen-bond donors (Lipinski definition) is 1. The molecular weight excluding hydrogens is 254 g/mol.